The Balaban J connectivity index is 1.63. The molecule has 41 heavy (non-hydrogen) atoms. The number of benzene rings is 4. The molecule has 0 aliphatic carbocycles. The topological polar surface area (TPSA) is 25.8 Å². The minimum atomic E-state index is -2.31. The van der Waals surface area contributed by atoms with Crippen LogP contribution in [0.2, 0.25) is 12.1 Å². The minimum absolute atomic E-state index is 1.10. The molecule has 6 aromatic rings. The highest BCUT2D eigenvalue weighted by molar-refractivity contribution is 7.27. The lowest BCUT2D eigenvalue weighted by molar-refractivity contribution is 1.29. The SMILES string of the molecule is CC[Si]1(CC)C(c2nc3cc(C)ccc3s2)=C(c2ccccc2)C(c2ccccc2)=C1c1nc2cc(C)ccc2s1. The summed E-state index contributed by atoms with van der Waals surface area (Å²) in [5, 5.41) is 5.33. The van der Waals surface area contributed by atoms with Crippen LogP contribution in [0.1, 0.15) is 46.1 Å². The van der Waals surface area contributed by atoms with E-state index in [9.17, 15) is 0 Å². The smallest absolute Gasteiger partial charge is 0.127 e. The van der Waals surface area contributed by atoms with E-state index >= 15 is 0 Å². The third kappa shape index (κ3) is 4.26. The number of allylic oxidation sites excluding steroid dienone is 2. The van der Waals surface area contributed by atoms with Gasteiger partial charge in [0.25, 0.3) is 0 Å². The van der Waals surface area contributed by atoms with Crippen LogP contribution in [0.3, 0.4) is 0 Å². The van der Waals surface area contributed by atoms with Crippen LogP contribution in [0.15, 0.2) is 97.1 Å². The molecule has 0 spiro atoms. The fraction of sp³-hybridized carbons (Fsp3) is 0.167. The Kier molecular flexibility index (Phi) is 6.61. The molecular formula is C36H32N2S2Si. The summed E-state index contributed by atoms with van der Waals surface area (Å²) in [4.78, 5) is 10.8. The molecule has 0 saturated carbocycles. The number of hydrogen-bond acceptors (Lipinski definition) is 4. The molecule has 0 atom stereocenters. The van der Waals surface area contributed by atoms with Crippen LogP contribution in [-0.4, -0.2) is 18.0 Å². The minimum Gasteiger partial charge on any atom is -0.237 e. The van der Waals surface area contributed by atoms with Crippen molar-refractivity contribution in [3.63, 3.8) is 0 Å². The number of hydrogen-bond donors (Lipinski definition) is 0. The van der Waals surface area contributed by atoms with Gasteiger partial charge in [0.1, 0.15) is 18.1 Å². The largest absolute Gasteiger partial charge is 0.237 e. The molecule has 1 aliphatic heterocycles. The van der Waals surface area contributed by atoms with Gasteiger partial charge in [0, 0.05) is 0 Å². The van der Waals surface area contributed by atoms with Crippen molar-refractivity contribution in [2.45, 2.75) is 39.8 Å². The van der Waals surface area contributed by atoms with Crippen molar-refractivity contribution in [1.82, 2.24) is 9.97 Å². The van der Waals surface area contributed by atoms with E-state index in [-0.39, 0.29) is 0 Å². The van der Waals surface area contributed by atoms with Gasteiger partial charge in [-0.15, -0.1) is 22.7 Å². The number of aromatic nitrogens is 2. The summed E-state index contributed by atoms with van der Waals surface area (Å²) in [5.41, 5.74) is 9.95. The molecule has 0 N–H and O–H groups in total. The second-order valence-corrected chi connectivity index (χ2v) is 17.6. The number of aryl methyl sites for hydroxylation is 2. The van der Waals surface area contributed by atoms with Gasteiger partial charge < -0.3 is 0 Å². The Hall–Kier alpha value is -3.64. The molecule has 7 rings (SSSR count). The first-order valence-corrected chi connectivity index (χ1v) is 18.4. The number of nitrogens with zero attached hydrogens (tertiary/aromatic N) is 2. The molecule has 1 aliphatic rings. The maximum atomic E-state index is 5.38. The fourth-order valence-electron chi connectivity index (χ4n) is 6.51. The lowest BCUT2D eigenvalue weighted by atomic mass is 9.91. The Labute approximate surface area is 250 Å². The number of fused-ring (bicyclic) bond motifs is 2. The maximum absolute atomic E-state index is 5.38. The zero-order valence-corrected chi connectivity index (χ0v) is 26.5. The van der Waals surface area contributed by atoms with Gasteiger partial charge in [-0.05, 0) is 81.9 Å². The van der Waals surface area contributed by atoms with Crippen molar-refractivity contribution in [2.24, 2.45) is 0 Å². The van der Waals surface area contributed by atoms with Crippen LogP contribution in [-0.2, 0) is 0 Å². The third-order valence-corrected chi connectivity index (χ3v) is 16.3. The molecule has 0 bridgehead atoms. The van der Waals surface area contributed by atoms with Crippen LogP contribution in [0.4, 0.5) is 0 Å². The summed E-state index contributed by atoms with van der Waals surface area (Å²) in [5.74, 6) is 0. The van der Waals surface area contributed by atoms with E-state index in [1.165, 1.54) is 63.2 Å². The van der Waals surface area contributed by atoms with Crippen molar-refractivity contribution in [2.75, 3.05) is 0 Å². The lowest BCUT2D eigenvalue weighted by Crippen LogP contribution is -2.35. The quantitative estimate of drug-likeness (QED) is 0.182. The Morgan fingerprint density at radius 2 is 0.976 bits per heavy atom. The zero-order chi connectivity index (χ0) is 28.1. The second-order valence-electron chi connectivity index (χ2n) is 11.0. The average Bonchev–Trinajstić information content (AvgIpc) is 3.69. The van der Waals surface area contributed by atoms with E-state index < -0.39 is 8.07 Å². The first-order chi connectivity index (χ1) is 20.0. The van der Waals surface area contributed by atoms with E-state index in [4.69, 9.17) is 9.97 Å². The van der Waals surface area contributed by atoms with Crippen LogP contribution < -0.4 is 0 Å². The standard InChI is InChI=1S/C36H32N2S2Si/c1-5-41(6-2)33(35-37-27-21-23(3)17-19-29(27)39-35)31(25-13-9-7-10-14-25)32(26-15-11-8-12-16-26)34(41)36-38-28-22-24(4)18-20-30(28)40-36/h7-22H,5-6H2,1-4H3. The summed E-state index contributed by atoms with van der Waals surface area (Å²) < 4.78 is 2.51. The van der Waals surface area contributed by atoms with Gasteiger partial charge in [-0.2, -0.15) is 0 Å². The molecule has 3 heterocycles. The number of rotatable bonds is 6. The Bertz CT molecular complexity index is 1830. The molecule has 5 heteroatoms. The van der Waals surface area contributed by atoms with Gasteiger partial charge >= 0.3 is 0 Å². The van der Waals surface area contributed by atoms with Crippen molar-refractivity contribution < 1.29 is 0 Å². The van der Waals surface area contributed by atoms with E-state index in [1.807, 2.05) is 22.7 Å². The summed E-state index contributed by atoms with van der Waals surface area (Å²) in [6.45, 7) is 9.12. The van der Waals surface area contributed by atoms with Gasteiger partial charge in [0.2, 0.25) is 0 Å². The van der Waals surface area contributed by atoms with Gasteiger partial charge in [0.15, 0.2) is 0 Å². The van der Waals surface area contributed by atoms with Crippen molar-refractivity contribution >= 4 is 72.7 Å². The second kappa shape index (κ2) is 10.3. The van der Waals surface area contributed by atoms with E-state index in [1.54, 1.807) is 0 Å². The molecule has 4 aromatic carbocycles. The molecule has 2 nitrogen and oxygen atoms in total. The third-order valence-electron chi connectivity index (χ3n) is 8.55. The predicted molar refractivity (Wildman–Crippen MR) is 182 cm³/mol. The fourth-order valence-corrected chi connectivity index (χ4v) is 14.4. The van der Waals surface area contributed by atoms with Gasteiger partial charge in [-0.3, -0.25) is 0 Å². The van der Waals surface area contributed by atoms with Gasteiger partial charge in [-0.25, -0.2) is 9.97 Å². The highest BCUT2D eigenvalue weighted by Crippen LogP contribution is 2.59. The number of thiazole rings is 2. The maximum Gasteiger partial charge on any atom is 0.127 e. The van der Waals surface area contributed by atoms with Crippen LogP contribution >= 0.6 is 22.7 Å². The first-order valence-electron chi connectivity index (χ1n) is 14.4. The molecule has 0 radical (unpaired) electrons. The summed E-state index contributed by atoms with van der Waals surface area (Å²) in [6, 6.07) is 37.6. The zero-order valence-electron chi connectivity index (χ0n) is 23.9. The Morgan fingerprint density at radius 3 is 1.37 bits per heavy atom. The molecule has 0 amide bonds. The van der Waals surface area contributed by atoms with Crippen molar-refractivity contribution in [3.8, 4) is 0 Å². The van der Waals surface area contributed by atoms with Crippen molar-refractivity contribution in [3.05, 3.63) is 129 Å². The molecular weight excluding hydrogens is 553 g/mol. The van der Waals surface area contributed by atoms with Gasteiger partial charge in [0.05, 0.1) is 20.4 Å². The normalized spacial score (nSPS) is 15.0. The average molecular weight is 585 g/mol. The summed E-state index contributed by atoms with van der Waals surface area (Å²) in [6.07, 6.45) is 0. The van der Waals surface area contributed by atoms with Crippen molar-refractivity contribution in [1.29, 1.82) is 0 Å². The highest BCUT2D eigenvalue weighted by Gasteiger charge is 2.50. The summed E-state index contributed by atoms with van der Waals surface area (Å²) in [7, 11) is -2.31. The molecule has 0 unspecified atom stereocenters. The first kappa shape index (κ1) is 26.3. The molecule has 0 saturated heterocycles. The monoisotopic (exact) mass is 584 g/mol. The lowest BCUT2D eigenvalue weighted by Gasteiger charge is -2.30. The van der Waals surface area contributed by atoms with E-state index in [2.05, 4.69) is 125 Å². The predicted octanol–water partition coefficient (Wildman–Crippen LogP) is 10.6. The van der Waals surface area contributed by atoms with Crippen LogP contribution in [0, 0.1) is 13.8 Å². The van der Waals surface area contributed by atoms with E-state index in [0.717, 1.165) is 23.1 Å². The highest BCUT2D eigenvalue weighted by atomic mass is 32.1. The summed E-state index contributed by atoms with van der Waals surface area (Å²) >= 11 is 3.72. The molecule has 0 fully saturated rings. The Morgan fingerprint density at radius 1 is 0.561 bits per heavy atom. The molecule has 202 valence electrons. The van der Waals surface area contributed by atoms with Gasteiger partial charge in [-0.1, -0.05) is 98.7 Å². The van der Waals surface area contributed by atoms with Crippen LogP contribution in [0.5, 0.6) is 0 Å². The molecule has 2 aromatic heterocycles. The van der Waals surface area contributed by atoms with E-state index in [0.29, 0.717) is 0 Å². The van der Waals surface area contributed by atoms with Crippen LogP contribution in [0.25, 0.3) is 42.0 Å².